The number of aryl methyl sites for hydroxylation is 1. The molecule has 0 saturated heterocycles. The van der Waals surface area contributed by atoms with Gasteiger partial charge in [-0.15, -0.1) is 0 Å². The molecule has 2 aromatic carbocycles. The van der Waals surface area contributed by atoms with Gasteiger partial charge >= 0.3 is 0 Å². The van der Waals surface area contributed by atoms with Gasteiger partial charge in [0.25, 0.3) is 5.91 Å². The first-order valence-electron chi connectivity index (χ1n) is 8.93. The van der Waals surface area contributed by atoms with Crippen molar-refractivity contribution in [3.05, 3.63) is 95.4 Å². The number of hydrogen-bond acceptors (Lipinski definition) is 3. The van der Waals surface area contributed by atoms with Crippen LogP contribution >= 0.6 is 0 Å². The summed E-state index contributed by atoms with van der Waals surface area (Å²) in [5.41, 5.74) is 2.54. The molecule has 0 aliphatic carbocycles. The molecule has 5 nitrogen and oxygen atoms in total. The van der Waals surface area contributed by atoms with Crippen LogP contribution in [0.2, 0.25) is 0 Å². The van der Waals surface area contributed by atoms with Crippen molar-refractivity contribution in [1.82, 2.24) is 9.38 Å². The summed E-state index contributed by atoms with van der Waals surface area (Å²) < 4.78 is 34.9. The summed E-state index contributed by atoms with van der Waals surface area (Å²) >= 11 is 0. The number of rotatable bonds is 5. The first-order chi connectivity index (χ1) is 14.0. The van der Waals surface area contributed by atoms with Crippen LogP contribution in [0.5, 0.6) is 5.75 Å². The number of nitrogens with zero attached hydrogens (tertiary/aromatic N) is 2. The van der Waals surface area contributed by atoms with Crippen molar-refractivity contribution in [2.75, 3.05) is 5.32 Å². The highest BCUT2D eigenvalue weighted by atomic mass is 19.2. The Kier molecular flexibility index (Phi) is 4.95. The van der Waals surface area contributed by atoms with Gasteiger partial charge in [-0.05, 0) is 42.8 Å². The second-order valence-corrected chi connectivity index (χ2v) is 6.49. The Morgan fingerprint density at radius 3 is 2.76 bits per heavy atom. The first kappa shape index (κ1) is 18.6. The van der Waals surface area contributed by atoms with E-state index < -0.39 is 17.5 Å². The molecule has 0 saturated carbocycles. The van der Waals surface area contributed by atoms with Crippen LogP contribution < -0.4 is 10.1 Å². The number of para-hydroxylation sites is 1. The van der Waals surface area contributed by atoms with Crippen LogP contribution in [0.4, 0.5) is 14.5 Å². The van der Waals surface area contributed by atoms with Crippen molar-refractivity contribution in [2.45, 2.75) is 13.5 Å². The molecular weight excluding hydrogens is 376 g/mol. The number of ether oxygens (including phenoxy) is 1. The zero-order chi connectivity index (χ0) is 20.4. The third-order valence-electron chi connectivity index (χ3n) is 4.43. The SMILES string of the molecule is Cc1cccn2cc(COc3ccccc3C(=O)Nc3cccc(F)c3F)nc12. The number of anilines is 1. The Morgan fingerprint density at radius 2 is 1.93 bits per heavy atom. The van der Waals surface area contributed by atoms with Gasteiger partial charge in [-0.25, -0.2) is 13.8 Å². The number of amides is 1. The van der Waals surface area contributed by atoms with Gasteiger partial charge in [-0.3, -0.25) is 4.79 Å². The number of benzene rings is 2. The van der Waals surface area contributed by atoms with Crippen molar-refractivity contribution in [3.8, 4) is 5.75 Å². The molecular formula is C22H17F2N3O2. The summed E-state index contributed by atoms with van der Waals surface area (Å²) in [5.74, 6) is -2.43. The predicted octanol–water partition coefficient (Wildman–Crippen LogP) is 4.75. The largest absolute Gasteiger partial charge is 0.486 e. The highest BCUT2D eigenvalue weighted by Crippen LogP contribution is 2.23. The molecule has 2 heterocycles. The maximum Gasteiger partial charge on any atom is 0.259 e. The Balaban J connectivity index is 1.54. The van der Waals surface area contributed by atoms with E-state index in [4.69, 9.17) is 4.74 Å². The Labute approximate surface area is 165 Å². The van der Waals surface area contributed by atoms with E-state index in [1.807, 2.05) is 35.9 Å². The van der Waals surface area contributed by atoms with E-state index in [1.54, 1.807) is 24.3 Å². The second kappa shape index (κ2) is 7.71. The summed E-state index contributed by atoms with van der Waals surface area (Å²) in [4.78, 5) is 17.1. The van der Waals surface area contributed by atoms with Gasteiger partial charge in [0.2, 0.25) is 0 Å². The van der Waals surface area contributed by atoms with Gasteiger partial charge in [0.05, 0.1) is 16.9 Å². The molecule has 1 N–H and O–H groups in total. The molecule has 2 aromatic heterocycles. The van der Waals surface area contributed by atoms with Crippen LogP contribution in [0.3, 0.4) is 0 Å². The van der Waals surface area contributed by atoms with Crippen LogP contribution in [-0.2, 0) is 6.61 Å². The lowest BCUT2D eigenvalue weighted by molar-refractivity contribution is 0.102. The van der Waals surface area contributed by atoms with Gasteiger partial charge in [0.1, 0.15) is 18.0 Å². The zero-order valence-corrected chi connectivity index (χ0v) is 15.5. The molecule has 1 amide bonds. The van der Waals surface area contributed by atoms with E-state index in [-0.39, 0.29) is 17.9 Å². The summed E-state index contributed by atoms with van der Waals surface area (Å²) in [7, 11) is 0. The van der Waals surface area contributed by atoms with E-state index in [0.717, 1.165) is 17.3 Å². The number of imidazole rings is 1. The number of carbonyl (C=O) groups excluding carboxylic acids is 1. The minimum absolute atomic E-state index is 0.153. The highest BCUT2D eigenvalue weighted by molar-refractivity contribution is 6.06. The Bertz CT molecular complexity index is 1200. The fourth-order valence-electron chi connectivity index (χ4n) is 3.00. The average Bonchev–Trinajstić information content (AvgIpc) is 3.15. The minimum Gasteiger partial charge on any atom is -0.486 e. The molecule has 29 heavy (non-hydrogen) atoms. The third-order valence-corrected chi connectivity index (χ3v) is 4.43. The number of fused-ring (bicyclic) bond motifs is 1. The molecule has 0 atom stereocenters. The zero-order valence-electron chi connectivity index (χ0n) is 15.5. The van der Waals surface area contributed by atoms with Crippen LogP contribution in [0, 0.1) is 18.6 Å². The molecule has 0 aliphatic heterocycles. The molecule has 0 radical (unpaired) electrons. The number of carbonyl (C=O) groups is 1. The lowest BCUT2D eigenvalue weighted by atomic mass is 10.1. The lowest BCUT2D eigenvalue weighted by Crippen LogP contribution is -2.15. The Morgan fingerprint density at radius 1 is 1.10 bits per heavy atom. The molecule has 0 unspecified atom stereocenters. The fraction of sp³-hybridized carbons (Fsp3) is 0.0909. The van der Waals surface area contributed by atoms with Crippen LogP contribution in [0.25, 0.3) is 5.65 Å². The van der Waals surface area contributed by atoms with Gasteiger partial charge in [-0.2, -0.15) is 0 Å². The van der Waals surface area contributed by atoms with Crippen molar-refractivity contribution in [2.24, 2.45) is 0 Å². The Hall–Kier alpha value is -3.74. The third kappa shape index (κ3) is 3.80. The van der Waals surface area contributed by atoms with Crippen LogP contribution in [-0.4, -0.2) is 15.3 Å². The quantitative estimate of drug-likeness (QED) is 0.532. The smallest absolute Gasteiger partial charge is 0.259 e. The predicted molar refractivity (Wildman–Crippen MR) is 105 cm³/mol. The van der Waals surface area contributed by atoms with Crippen molar-refractivity contribution >= 4 is 17.2 Å². The lowest BCUT2D eigenvalue weighted by Gasteiger charge is -2.11. The minimum atomic E-state index is -1.11. The van der Waals surface area contributed by atoms with E-state index in [0.29, 0.717) is 11.4 Å². The molecule has 0 fully saturated rings. The number of nitrogens with one attached hydrogen (secondary N) is 1. The summed E-state index contributed by atoms with van der Waals surface area (Å²) in [6.07, 6.45) is 3.75. The fourth-order valence-corrected chi connectivity index (χ4v) is 3.00. The maximum atomic E-state index is 13.9. The van der Waals surface area contributed by atoms with Crippen LogP contribution in [0.15, 0.2) is 67.0 Å². The number of aromatic nitrogens is 2. The summed E-state index contributed by atoms with van der Waals surface area (Å²) in [6.45, 7) is 2.12. The van der Waals surface area contributed by atoms with E-state index in [9.17, 15) is 13.6 Å². The number of pyridine rings is 1. The standard InChI is InChI=1S/C22H17F2N3O2/c1-14-6-5-11-27-12-15(25-21(14)27)13-29-19-10-3-2-7-16(19)22(28)26-18-9-4-8-17(23)20(18)24/h2-12H,13H2,1H3,(H,26,28). The summed E-state index contributed by atoms with van der Waals surface area (Å²) in [5, 5.41) is 2.38. The van der Waals surface area contributed by atoms with Gasteiger partial charge in [-0.1, -0.05) is 24.3 Å². The molecule has 4 rings (SSSR count). The van der Waals surface area contributed by atoms with E-state index >= 15 is 0 Å². The summed E-state index contributed by atoms with van der Waals surface area (Å²) in [6, 6.07) is 14.1. The molecule has 146 valence electrons. The average molecular weight is 393 g/mol. The van der Waals surface area contributed by atoms with E-state index in [2.05, 4.69) is 10.3 Å². The maximum absolute atomic E-state index is 13.9. The van der Waals surface area contributed by atoms with Crippen molar-refractivity contribution in [1.29, 1.82) is 0 Å². The highest BCUT2D eigenvalue weighted by Gasteiger charge is 2.16. The number of halogens is 2. The van der Waals surface area contributed by atoms with Crippen LogP contribution in [0.1, 0.15) is 21.6 Å². The van der Waals surface area contributed by atoms with Gasteiger partial charge < -0.3 is 14.5 Å². The first-order valence-corrected chi connectivity index (χ1v) is 8.93. The van der Waals surface area contributed by atoms with Gasteiger partial charge in [0, 0.05) is 12.4 Å². The normalized spacial score (nSPS) is 10.9. The molecule has 0 bridgehead atoms. The molecule has 0 aliphatic rings. The van der Waals surface area contributed by atoms with Gasteiger partial charge in [0.15, 0.2) is 11.6 Å². The van der Waals surface area contributed by atoms with E-state index in [1.165, 1.54) is 12.1 Å². The number of hydrogen-bond donors (Lipinski definition) is 1. The topological polar surface area (TPSA) is 55.6 Å². The van der Waals surface area contributed by atoms with Crippen molar-refractivity contribution < 1.29 is 18.3 Å². The monoisotopic (exact) mass is 393 g/mol. The molecule has 7 heteroatoms. The molecule has 0 spiro atoms. The second-order valence-electron chi connectivity index (χ2n) is 6.49. The molecule has 4 aromatic rings. The van der Waals surface area contributed by atoms with Crippen molar-refractivity contribution in [3.63, 3.8) is 0 Å².